The number of aromatic nitrogens is 2. The quantitative estimate of drug-likeness (QED) is 0.734. The highest BCUT2D eigenvalue weighted by Crippen LogP contribution is 2.14. The van der Waals surface area contributed by atoms with Gasteiger partial charge in [-0.3, -0.25) is 0 Å². The molecule has 0 bridgehead atoms. The minimum atomic E-state index is -0.0491. The first kappa shape index (κ1) is 14.5. The van der Waals surface area contributed by atoms with Gasteiger partial charge >= 0.3 is 0 Å². The molecule has 0 spiro atoms. The van der Waals surface area contributed by atoms with Gasteiger partial charge in [-0.2, -0.15) is 5.10 Å². The number of aliphatic hydroxyl groups is 1. The maximum Gasteiger partial charge on any atom is 0.0645 e. The summed E-state index contributed by atoms with van der Waals surface area (Å²) >= 11 is 0. The van der Waals surface area contributed by atoms with Gasteiger partial charge in [0.2, 0.25) is 0 Å². The van der Waals surface area contributed by atoms with Gasteiger partial charge in [-0.25, -0.2) is 4.68 Å². The number of hydrogen-bond donors (Lipinski definition) is 2. The second-order valence-electron chi connectivity index (χ2n) is 5.14. The van der Waals surface area contributed by atoms with Crippen LogP contribution in [-0.2, 0) is 6.54 Å². The standard InChI is InChI=1S/C18H19N3O/c22-14-18(16-5-2-1-3-6-16)19-13-15-7-9-17(10-8-15)21-12-4-11-20-21/h1-12,18-19,22H,13-14H2. The summed E-state index contributed by atoms with van der Waals surface area (Å²) in [5.74, 6) is 0. The minimum Gasteiger partial charge on any atom is -0.394 e. The summed E-state index contributed by atoms with van der Waals surface area (Å²) in [4.78, 5) is 0. The van der Waals surface area contributed by atoms with Crippen LogP contribution >= 0.6 is 0 Å². The van der Waals surface area contributed by atoms with Gasteiger partial charge in [-0.05, 0) is 29.3 Å². The molecule has 0 amide bonds. The molecule has 1 aromatic heterocycles. The lowest BCUT2D eigenvalue weighted by molar-refractivity contribution is 0.243. The van der Waals surface area contributed by atoms with Crippen LogP contribution in [0, 0.1) is 0 Å². The van der Waals surface area contributed by atoms with Gasteiger partial charge in [-0.1, -0.05) is 42.5 Å². The van der Waals surface area contributed by atoms with Crippen molar-refractivity contribution in [3.63, 3.8) is 0 Å². The maximum atomic E-state index is 9.55. The highest BCUT2D eigenvalue weighted by molar-refractivity contribution is 5.33. The molecule has 3 rings (SSSR count). The molecule has 0 radical (unpaired) electrons. The van der Waals surface area contributed by atoms with Gasteiger partial charge in [0, 0.05) is 18.9 Å². The monoisotopic (exact) mass is 293 g/mol. The average Bonchev–Trinajstić information content (AvgIpc) is 3.11. The molecule has 112 valence electrons. The Morgan fingerprint density at radius 1 is 1.00 bits per heavy atom. The average molecular weight is 293 g/mol. The van der Waals surface area contributed by atoms with Crippen LogP contribution in [0.4, 0.5) is 0 Å². The molecule has 0 saturated carbocycles. The third kappa shape index (κ3) is 3.42. The van der Waals surface area contributed by atoms with Gasteiger partial charge in [0.05, 0.1) is 18.3 Å². The zero-order valence-electron chi connectivity index (χ0n) is 12.3. The summed E-state index contributed by atoms with van der Waals surface area (Å²) in [6, 6.07) is 20.1. The van der Waals surface area contributed by atoms with Crippen molar-refractivity contribution in [2.24, 2.45) is 0 Å². The number of nitrogens with one attached hydrogen (secondary N) is 1. The van der Waals surface area contributed by atoms with Crippen LogP contribution in [0.5, 0.6) is 0 Å². The van der Waals surface area contributed by atoms with E-state index in [1.54, 1.807) is 6.20 Å². The van der Waals surface area contributed by atoms with Crippen LogP contribution in [0.15, 0.2) is 73.1 Å². The SMILES string of the molecule is OCC(NCc1ccc(-n2cccn2)cc1)c1ccccc1. The second kappa shape index (κ2) is 7.02. The fourth-order valence-electron chi connectivity index (χ4n) is 2.40. The number of benzene rings is 2. The molecular weight excluding hydrogens is 274 g/mol. The summed E-state index contributed by atoms with van der Waals surface area (Å²) in [6.07, 6.45) is 3.69. The number of rotatable bonds is 6. The highest BCUT2D eigenvalue weighted by atomic mass is 16.3. The largest absolute Gasteiger partial charge is 0.394 e. The Labute approximate surface area is 130 Å². The third-order valence-electron chi connectivity index (χ3n) is 3.64. The van der Waals surface area contributed by atoms with Gasteiger partial charge in [-0.15, -0.1) is 0 Å². The zero-order valence-corrected chi connectivity index (χ0v) is 12.3. The molecule has 1 atom stereocenters. The summed E-state index contributed by atoms with van der Waals surface area (Å²) < 4.78 is 1.83. The maximum absolute atomic E-state index is 9.55. The van der Waals surface area contributed by atoms with Crippen molar-refractivity contribution in [2.45, 2.75) is 12.6 Å². The highest BCUT2D eigenvalue weighted by Gasteiger charge is 2.08. The number of nitrogens with zero attached hydrogens (tertiary/aromatic N) is 2. The molecule has 4 heteroatoms. The van der Waals surface area contributed by atoms with Crippen molar-refractivity contribution in [1.82, 2.24) is 15.1 Å². The van der Waals surface area contributed by atoms with Crippen LogP contribution in [0.2, 0.25) is 0 Å². The Kier molecular flexibility index (Phi) is 4.63. The number of hydrogen-bond acceptors (Lipinski definition) is 3. The van der Waals surface area contributed by atoms with Crippen molar-refractivity contribution >= 4 is 0 Å². The molecule has 2 aromatic carbocycles. The Bertz CT molecular complexity index is 678. The first-order valence-electron chi connectivity index (χ1n) is 7.35. The fraction of sp³-hybridized carbons (Fsp3) is 0.167. The lowest BCUT2D eigenvalue weighted by Crippen LogP contribution is -2.23. The van der Waals surface area contributed by atoms with Crippen molar-refractivity contribution < 1.29 is 5.11 Å². The van der Waals surface area contributed by atoms with Crippen molar-refractivity contribution in [3.05, 3.63) is 84.2 Å². The summed E-state index contributed by atoms with van der Waals surface area (Å²) in [5, 5.41) is 17.1. The molecule has 2 N–H and O–H groups in total. The van der Waals surface area contributed by atoms with E-state index in [-0.39, 0.29) is 12.6 Å². The molecular formula is C18H19N3O. The van der Waals surface area contributed by atoms with Crippen LogP contribution < -0.4 is 5.32 Å². The van der Waals surface area contributed by atoms with Gasteiger partial charge in [0.25, 0.3) is 0 Å². The molecule has 0 aliphatic rings. The van der Waals surface area contributed by atoms with E-state index in [2.05, 4.69) is 22.5 Å². The predicted molar refractivity (Wildman–Crippen MR) is 86.7 cm³/mol. The molecule has 0 saturated heterocycles. The van der Waals surface area contributed by atoms with Crippen LogP contribution in [-0.4, -0.2) is 21.5 Å². The minimum absolute atomic E-state index is 0.0491. The van der Waals surface area contributed by atoms with Gasteiger partial charge < -0.3 is 10.4 Å². The molecule has 0 fully saturated rings. The van der Waals surface area contributed by atoms with Crippen molar-refractivity contribution in [2.75, 3.05) is 6.61 Å². The van der Waals surface area contributed by atoms with E-state index in [4.69, 9.17) is 0 Å². The first-order chi connectivity index (χ1) is 10.9. The Morgan fingerprint density at radius 3 is 2.41 bits per heavy atom. The van der Waals surface area contributed by atoms with Crippen molar-refractivity contribution in [3.8, 4) is 5.69 Å². The lowest BCUT2D eigenvalue weighted by Gasteiger charge is -2.17. The van der Waals surface area contributed by atoms with E-state index in [9.17, 15) is 5.11 Å². The predicted octanol–water partition coefficient (Wildman–Crippen LogP) is 2.70. The summed E-state index contributed by atoms with van der Waals surface area (Å²) in [5.41, 5.74) is 3.30. The molecule has 3 aromatic rings. The fourth-order valence-corrected chi connectivity index (χ4v) is 2.40. The molecule has 0 aliphatic carbocycles. The Balaban J connectivity index is 1.63. The Morgan fingerprint density at radius 2 is 1.77 bits per heavy atom. The molecule has 1 unspecified atom stereocenters. The van der Waals surface area contributed by atoms with Crippen molar-refractivity contribution in [1.29, 1.82) is 0 Å². The van der Waals surface area contributed by atoms with Crippen LogP contribution in [0.1, 0.15) is 17.2 Å². The van der Waals surface area contributed by atoms with E-state index < -0.39 is 0 Å². The van der Waals surface area contributed by atoms with Gasteiger partial charge in [0.1, 0.15) is 0 Å². The van der Waals surface area contributed by atoms with Gasteiger partial charge in [0.15, 0.2) is 0 Å². The lowest BCUT2D eigenvalue weighted by atomic mass is 10.1. The van der Waals surface area contributed by atoms with E-state index in [0.29, 0.717) is 6.54 Å². The van der Waals surface area contributed by atoms with Crippen LogP contribution in [0.3, 0.4) is 0 Å². The number of aliphatic hydroxyl groups excluding tert-OH is 1. The topological polar surface area (TPSA) is 50.1 Å². The normalized spacial score (nSPS) is 12.2. The van der Waals surface area contributed by atoms with Crippen LogP contribution in [0.25, 0.3) is 5.69 Å². The van der Waals surface area contributed by atoms with E-state index >= 15 is 0 Å². The summed E-state index contributed by atoms with van der Waals surface area (Å²) in [6.45, 7) is 0.787. The summed E-state index contributed by atoms with van der Waals surface area (Å²) in [7, 11) is 0. The molecule has 0 aliphatic heterocycles. The first-order valence-corrected chi connectivity index (χ1v) is 7.35. The smallest absolute Gasteiger partial charge is 0.0645 e. The molecule has 4 nitrogen and oxygen atoms in total. The molecule has 22 heavy (non-hydrogen) atoms. The molecule has 1 heterocycles. The second-order valence-corrected chi connectivity index (χ2v) is 5.14. The van der Waals surface area contributed by atoms with E-state index in [1.165, 1.54) is 5.56 Å². The Hall–Kier alpha value is -2.43. The zero-order chi connectivity index (χ0) is 15.2. The third-order valence-corrected chi connectivity index (χ3v) is 3.64. The van der Waals surface area contributed by atoms with E-state index in [0.717, 1.165) is 11.3 Å². The van der Waals surface area contributed by atoms with E-state index in [1.807, 2.05) is 59.4 Å².